The van der Waals surface area contributed by atoms with Gasteiger partial charge in [-0.15, -0.1) is 0 Å². The van der Waals surface area contributed by atoms with Crippen LogP contribution in [0.15, 0.2) is 95.7 Å². The Morgan fingerprint density at radius 3 is 2.41 bits per heavy atom. The third-order valence-corrected chi connectivity index (χ3v) is 4.37. The topological polar surface area (TPSA) is 71.3 Å². The average Bonchev–Trinajstić information content (AvgIpc) is 3.31. The highest BCUT2D eigenvalue weighted by molar-refractivity contribution is 6.04. The predicted molar refractivity (Wildman–Crippen MR) is 111 cm³/mol. The maximum absolute atomic E-state index is 13.3. The Labute approximate surface area is 168 Å². The molecule has 0 bridgehead atoms. The van der Waals surface area contributed by atoms with Crippen LogP contribution in [-0.2, 0) is 13.1 Å². The number of hydrogen-bond acceptors (Lipinski definition) is 5. The van der Waals surface area contributed by atoms with Gasteiger partial charge in [0.05, 0.1) is 19.4 Å². The molecule has 2 heterocycles. The van der Waals surface area contributed by atoms with Gasteiger partial charge in [-0.2, -0.15) is 0 Å². The van der Waals surface area contributed by atoms with Gasteiger partial charge in [0, 0.05) is 11.9 Å². The molecule has 0 aliphatic rings. The number of anilines is 2. The lowest BCUT2D eigenvalue weighted by Crippen LogP contribution is -2.31. The fraction of sp³-hybridized carbons (Fsp3) is 0.0870. The molecule has 0 fully saturated rings. The van der Waals surface area contributed by atoms with Crippen molar-refractivity contribution in [1.82, 2.24) is 9.97 Å². The Balaban J connectivity index is 1.57. The van der Waals surface area contributed by atoms with E-state index in [-0.39, 0.29) is 5.91 Å². The van der Waals surface area contributed by atoms with Gasteiger partial charge in [0.1, 0.15) is 11.5 Å². The van der Waals surface area contributed by atoms with Crippen molar-refractivity contribution >= 4 is 17.5 Å². The van der Waals surface area contributed by atoms with Crippen LogP contribution in [0, 0.1) is 0 Å². The highest BCUT2D eigenvalue weighted by Crippen LogP contribution is 2.20. The molecule has 4 rings (SSSR count). The Kier molecular flexibility index (Phi) is 5.62. The lowest BCUT2D eigenvalue weighted by atomic mass is 10.2. The third-order valence-electron chi connectivity index (χ3n) is 4.37. The van der Waals surface area contributed by atoms with Crippen molar-refractivity contribution in [3.63, 3.8) is 0 Å². The molecule has 29 heavy (non-hydrogen) atoms. The number of hydrogen-bond donors (Lipinski definition) is 1. The van der Waals surface area contributed by atoms with Crippen molar-refractivity contribution in [1.29, 1.82) is 0 Å². The van der Waals surface area contributed by atoms with Crippen LogP contribution in [0.3, 0.4) is 0 Å². The summed E-state index contributed by atoms with van der Waals surface area (Å²) in [5.41, 5.74) is 2.17. The number of nitrogens with one attached hydrogen (secondary N) is 1. The molecule has 0 radical (unpaired) electrons. The minimum atomic E-state index is -0.191. The number of carbonyl (C=O) groups is 1. The number of benzene rings is 2. The lowest BCUT2D eigenvalue weighted by molar-refractivity contribution is 0.0980. The van der Waals surface area contributed by atoms with Gasteiger partial charge in [-0.05, 0) is 35.9 Å². The number of nitrogens with zero attached hydrogens (tertiary/aromatic N) is 3. The molecule has 144 valence electrons. The van der Waals surface area contributed by atoms with Gasteiger partial charge in [-0.1, -0.05) is 48.5 Å². The molecular weight excluding hydrogens is 364 g/mol. The highest BCUT2D eigenvalue weighted by atomic mass is 16.3. The van der Waals surface area contributed by atoms with Gasteiger partial charge in [0.25, 0.3) is 5.91 Å². The van der Waals surface area contributed by atoms with Crippen LogP contribution in [-0.4, -0.2) is 15.9 Å². The zero-order chi connectivity index (χ0) is 19.9. The third kappa shape index (κ3) is 4.68. The molecule has 0 aliphatic heterocycles. The summed E-state index contributed by atoms with van der Waals surface area (Å²) >= 11 is 0. The minimum absolute atomic E-state index is 0.191. The number of para-hydroxylation sites is 1. The molecule has 0 spiro atoms. The quantitative estimate of drug-likeness (QED) is 0.507. The van der Waals surface area contributed by atoms with Gasteiger partial charge in [-0.25, -0.2) is 9.97 Å². The molecule has 2 aromatic carbocycles. The molecule has 0 atom stereocenters. The van der Waals surface area contributed by atoms with Gasteiger partial charge in [0.15, 0.2) is 0 Å². The number of furan rings is 1. The summed E-state index contributed by atoms with van der Waals surface area (Å²) in [6.45, 7) is 0.889. The van der Waals surface area contributed by atoms with Crippen LogP contribution in [0.4, 0.5) is 11.6 Å². The zero-order valence-electron chi connectivity index (χ0n) is 15.7. The molecular formula is C23H20N4O2. The largest absolute Gasteiger partial charge is 0.467 e. The lowest BCUT2D eigenvalue weighted by Gasteiger charge is -2.23. The molecule has 4 aromatic rings. The van der Waals surface area contributed by atoms with E-state index in [0.29, 0.717) is 24.7 Å². The first-order valence-electron chi connectivity index (χ1n) is 9.30. The minimum Gasteiger partial charge on any atom is -0.467 e. The van der Waals surface area contributed by atoms with Crippen molar-refractivity contribution in [2.75, 3.05) is 10.2 Å². The predicted octanol–water partition coefficient (Wildman–Crippen LogP) is 4.53. The van der Waals surface area contributed by atoms with Gasteiger partial charge in [-0.3, -0.25) is 4.79 Å². The van der Waals surface area contributed by atoms with E-state index in [0.717, 1.165) is 17.0 Å². The molecule has 1 N–H and O–H groups in total. The normalized spacial score (nSPS) is 10.5. The van der Waals surface area contributed by atoms with Gasteiger partial charge >= 0.3 is 0 Å². The number of carbonyl (C=O) groups excluding carboxylic acids is 1. The first-order valence-corrected chi connectivity index (χ1v) is 9.30. The molecule has 6 heteroatoms. The second-order valence-corrected chi connectivity index (χ2v) is 6.41. The molecule has 0 unspecified atom stereocenters. The van der Waals surface area contributed by atoms with Crippen molar-refractivity contribution < 1.29 is 9.21 Å². The molecule has 0 aliphatic carbocycles. The first-order chi connectivity index (χ1) is 14.3. The van der Waals surface area contributed by atoms with E-state index in [2.05, 4.69) is 15.3 Å². The molecule has 0 saturated heterocycles. The average molecular weight is 384 g/mol. The van der Waals surface area contributed by atoms with E-state index in [1.807, 2.05) is 72.8 Å². The standard InChI is InChI=1S/C23H20N4O2/c28-22(21-13-14-24-23(26-21)25-16-20-12-7-15-29-20)27(19-10-5-2-6-11-19)17-18-8-3-1-4-9-18/h1-15H,16-17H2,(H,24,25,26). The van der Waals surface area contributed by atoms with Gasteiger partial charge in [0.2, 0.25) is 5.95 Å². The highest BCUT2D eigenvalue weighted by Gasteiger charge is 2.20. The second-order valence-electron chi connectivity index (χ2n) is 6.41. The van der Waals surface area contributed by atoms with Crippen LogP contribution in [0.25, 0.3) is 0 Å². The van der Waals surface area contributed by atoms with Crippen LogP contribution < -0.4 is 10.2 Å². The molecule has 0 saturated carbocycles. The van der Waals surface area contributed by atoms with E-state index < -0.39 is 0 Å². The number of aromatic nitrogens is 2. The Morgan fingerprint density at radius 1 is 0.931 bits per heavy atom. The van der Waals surface area contributed by atoms with E-state index in [4.69, 9.17) is 4.42 Å². The van der Waals surface area contributed by atoms with Crippen molar-refractivity contribution in [3.8, 4) is 0 Å². The van der Waals surface area contributed by atoms with E-state index in [1.54, 1.807) is 23.4 Å². The SMILES string of the molecule is O=C(c1ccnc(NCc2ccco2)n1)N(Cc1ccccc1)c1ccccc1. The fourth-order valence-electron chi connectivity index (χ4n) is 2.93. The van der Waals surface area contributed by atoms with E-state index in [9.17, 15) is 4.79 Å². The Morgan fingerprint density at radius 2 is 1.69 bits per heavy atom. The van der Waals surface area contributed by atoms with Crippen LogP contribution in [0.1, 0.15) is 21.8 Å². The van der Waals surface area contributed by atoms with E-state index in [1.165, 1.54) is 0 Å². The van der Waals surface area contributed by atoms with Crippen molar-refractivity contribution in [2.45, 2.75) is 13.1 Å². The maximum Gasteiger partial charge on any atom is 0.277 e. The summed E-state index contributed by atoms with van der Waals surface area (Å²) in [7, 11) is 0. The van der Waals surface area contributed by atoms with E-state index >= 15 is 0 Å². The molecule has 2 aromatic heterocycles. The van der Waals surface area contributed by atoms with Crippen LogP contribution in [0.2, 0.25) is 0 Å². The number of amides is 1. The summed E-state index contributed by atoms with van der Waals surface area (Å²) in [5, 5.41) is 3.08. The smallest absolute Gasteiger partial charge is 0.277 e. The second kappa shape index (κ2) is 8.84. The number of rotatable bonds is 7. The Hall–Kier alpha value is -3.93. The summed E-state index contributed by atoms with van der Waals surface area (Å²) in [4.78, 5) is 23.6. The summed E-state index contributed by atoms with van der Waals surface area (Å²) in [6.07, 6.45) is 3.19. The maximum atomic E-state index is 13.3. The summed E-state index contributed by atoms with van der Waals surface area (Å²) in [5.74, 6) is 0.948. The van der Waals surface area contributed by atoms with Crippen molar-refractivity contribution in [2.24, 2.45) is 0 Å². The summed E-state index contributed by atoms with van der Waals surface area (Å²) in [6, 6.07) is 24.8. The van der Waals surface area contributed by atoms with Crippen molar-refractivity contribution in [3.05, 3.63) is 108 Å². The molecule has 6 nitrogen and oxygen atoms in total. The first kappa shape index (κ1) is 18.4. The molecule has 1 amide bonds. The Bertz CT molecular complexity index is 1050. The van der Waals surface area contributed by atoms with Gasteiger partial charge < -0.3 is 14.6 Å². The van der Waals surface area contributed by atoms with Crippen LogP contribution >= 0.6 is 0 Å². The monoisotopic (exact) mass is 384 g/mol. The summed E-state index contributed by atoms with van der Waals surface area (Å²) < 4.78 is 5.30. The zero-order valence-corrected chi connectivity index (χ0v) is 15.7. The fourth-order valence-corrected chi connectivity index (χ4v) is 2.93. The van der Waals surface area contributed by atoms with Crippen LogP contribution in [0.5, 0.6) is 0 Å².